The van der Waals surface area contributed by atoms with Gasteiger partial charge >= 0.3 is 0 Å². The summed E-state index contributed by atoms with van der Waals surface area (Å²) in [5.41, 5.74) is 2.57. The molecule has 2 heterocycles. The van der Waals surface area contributed by atoms with Crippen molar-refractivity contribution in [2.75, 3.05) is 6.54 Å². The van der Waals surface area contributed by atoms with Crippen LogP contribution < -0.4 is 10.7 Å². The highest BCUT2D eigenvalue weighted by molar-refractivity contribution is 5.81. The van der Waals surface area contributed by atoms with Crippen molar-refractivity contribution in [3.8, 4) is 0 Å². The maximum Gasteiger partial charge on any atom is 0.241 e. The average Bonchev–Trinajstić information content (AvgIpc) is 3.11. The highest BCUT2D eigenvalue weighted by Gasteiger charge is 2.08. The smallest absolute Gasteiger partial charge is 0.241 e. The van der Waals surface area contributed by atoms with Crippen LogP contribution in [0.25, 0.3) is 21.9 Å². The number of nitrogens with zero attached hydrogens (tertiary/aromatic N) is 4. The Morgan fingerprint density at radius 3 is 2.70 bits per heavy atom. The number of imidazole rings is 1. The van der Waals surface area contributed by atoms with E-state index in [1.165, 1.54) is 6.20 Å². The molecule has 4 aromatic rings. The number of nitrogens with one attached hydrogen (secondary N) is 1. The van der Waals surface area contributed by atoms with Crippen LogP contribution in [-0.2, 0) is 17.9 Å². The van der Waals surface area contributed by atoms with Gasteiger partial charge in [-0.1, -0.05) is 24.3 Å². The molecular formula is C20H19N5O2. The summed E-state index contributed by atoms with van der Waals surface area (Å²) in [5, 5.41) is 7.55. The molecule has 0 spiro atoms. The van der Waals surface area contributed by atoms with E-state index in [1.54, 1.807) is 22.9 Å². The lowest BCUT2D eigenvalue weighted by Crippen LogP contribution is -2.30. The van der Waals surface area contributed by atoms with E-state index in [0.29, 0.717) is 17.4 Å². The van der Waals surface area contributed by atoms with E-state index in [-0.39, 0.29) is 17.9 Å². The second-order valence-electron chi connectivity index (χ2n) is 6.31. The number of fused-ring (bicyclic) bond motifs is 2. The van der Waals surface area contributed by atoms with E-state index in [4.69, 9.17) is 0 Å². The molecule has 7 nitrogen and oxygen atoms in total. The van der Waals surface area contributed by atoms with Gasteiger partial charge in [-0.25, -0.2) is 4.98 Å². The molecule has 0 fully saturated rings. The second kappa shape index (κ2) is 7.41. The van der Waals surface area contributed by atoms with E-state index >= 15 is 0 Å². The molecule has 1 N–H and O–H groups in total. The summed E-state index contributed by atoms with van der Waals surface area (Å²) < 4.78 is 3.63. The summed E-state index contributed by atoms with van der Waals surface area (Å²) in [7, 11) is 0. The zero-order chi connectivity index (χ0) is 18.6. The summed E-state index contributed by atoms with van der Waals surface area (Å²) >= 11 is 0. The number of rotatable bonds is 6. The van der Waals surface area contributed by atoms with Gasteiger partial charge in [-0.2, -0.15) is 5.10 Å². The molecule has 4 rings (SSSR count). The van der Waals surface area contributed by atoms with Crippen molar-refractivity contribution in [3.63, 3.8) is 0 Å². The Bertz CT molecular complexity index is 1160. The van der Waals surface area contributed by atoms with Crippen molar-refractivity contribution in [3.05, 3.63) is 71.3 Å². The first-order chi connectivity index (χ1) is 13.2. The zero-order valence-corrected chi connectivity index (χ0v) is 14.7. The van der Waals surface area contributed by atoms with Crippen LogP contribution in [0.2, 0.25) is 0 Å². The third-order valence-electron chi connectivity index (χ3n) is 4.48. The largest absolute Gasteiger partial charge is 0.354 e. The van der Waals surface area contributed by atoms with Crippen molar-refractivity contribution >= 4 is 27.8 Å². The third kappa shape index (κ3) is 3.57. The monoisotopic (exact) mass is 361 g/mol. The minimum Gasteiger partial charge on any atom is -0.354 e. The molecule has 0 aliphatic carbocycles. The van der Waals surface area contributed by atoms with E-state index in [1.807, 2.05) is 36.7 Å². The molecule has 27 heavy (non-hydrogen) atoms. The summed E-state index contributed by atoms with van der Waals surface area (Å²) in [5.74, 6) is -0.133. The number of aryl methyl sites for hydroxylation is 1. The summed E-state index contributed by atoms with van der Waals surface area (Å²) in [6.45, 7) is 1.41. The molecule has 1 amide bonds. The molecule has 0 aliphatic rings. The Kier molecular flexibility index (Phi) is 4.65. The fourth-order valence-electron chi connectivity index (χ4n) is 3.14. The molecule has 0 aliphatic heterocycles. The Morgan fingerprint density at radius 1 is 1.04 bits per heavy atom. The first-order valence-corrected chi connectivity index (χ1v) is 8.84. The molecule has 2 aromatic carbocycles. The standard InChI is InChI=1S/C20H19N5O2/c26-19-12-23-25(17-8-3-1-6-15(17)19)13-20(27)21-10-5-11-24-14-22-16-7-2-4-9-18(16)24/h1-4,6-9,12,14H,5,10-11,13H2,(H,21,27). The molecule has 0 atom stereocenters. The first-order valence-electron chi connectivity index (χ1n) is 8.84. The number of benzene rings is 2. The SMILES string of the molecule is O=C(Cn1ncc(=O)c2ccccc21)NCCCn1cnc2ccccc21. The molecule has 0 saturated carbocycles. The van der Waals surface area contributed by atoms with E-state index < -0.39 is 0 Å². The normalized spacial score (nSPS) is 11.1. The van der Waals surface area contributed by atoms with Crippen molar-refractivity contribution in [2.24, 2.45) is 0 Å². The fraction of sp³-hybridized carbons (Fsp3) is 0.200. The summed E-state index contributed by atoms with van der Waals surface area (Å²) in [6.07, 6.45) is 3.87. The van der Waals surface area contributed by atoms with E-state index in [9.17, 15) is 9.59 Å². The van der Waals surface area contributed by atoms with Crippen molar-refractivity contribution < 1.29 is 4.79 Å². The first kappa shape index (κ1) is 17.0. The predicted octanol–water partition coefficient (Wildman–Crippen LogP) is 1.95. The minimum absolute atomic E-state index is 0.0782. The van der Waals surface area contributed by atoms with Crippen molar-refractivity contribution in [1.82, 2.24) is 24.6 Å². The number of hydrogen-bond donors (Lipinski definition) is 1. The minimum atomic E-state index is -0.144. The maximum atomic E-state index is 12.2. The molecule has 2 aromatic heterocycles. The number of para-hydroxylation sites is 3. The van der Waals surface area contributed by atoms with Crippen LogP contribution >= 0.6 is 0 Å². The van der Waals surface area contributed by atoms with Gasteiger partial charge in [-0.15, -0.1) is 0 Å². The lowest BCUT2D eigenvalue weighted by molar-refractivity contribution is -0.121. The Balaban J connectivity index is 1.34. The van der Waals surface area contributed by atoms with Crippen molar-refractivity contribution in [2.45, 2.75) is 19.5 Å². The van der Waals surface area contributed by atoms with Gasteiger partial charge in [0, 0.05) is 18.5 Å². The van der Waals surface area contributed by atoms with Gasteiger partial charge in [-0.3, -0.25) is 14.3 Å². The van der Waals surface area contributed by atoms with Crippen LogP contribution in [0.3, 0.4) is 0 Å². The number of amides is 1. The van der Waals surface area contributed by atoms with Crippen LogP contribution in [0.1, 0.15) is 6.42 Å². The third-order valence-corrected chi connectivity index (χ3v) is 4.48. The molecule has 0 bridgehead atoms. The lowest BCUT2D eigenvalue weighted by Gasteiger charge is -2.10. The highest BCUT2D eigenvalue weighted by atomic mass is 16.2. The van der Waals surface area contributed by atoms with Crippen LogP contribution in [0.4, 0.5) is 0 Å². The van der Waals surface area contributed by atoms with Gasteiger partial charge in [0.2, 0.25) is 11.3 Å². The van der Waals surface area contributed by atoms with Gasteiger partial charge in [-0.05, 0) is 30.7 Å². The van der Waals surface area contributed by atoms with Gasteiger partial charge in [0.1, 0.15) is 6.54 Å². The number of hydrogen-bond acceptors (Lipinski definition) is 4. The quantitative estimate of drug-likeness (QED) is 0.532. The number of carbonyl (C=O) groups is 1. The van der Waals surface area contributed by atoms with Gasteiger partial charge in [0.05, 0.1) is 29.1 Å². The average molecular weight is 361 g/mol. The molecule has 136 valence electrons. The second-order valence-corrected chi connectivity index (χ2v) is 6.31. The predicted molar refractivity (Wildman–Crippen MR) is 103 cm³/mol. The lowest BCUT2D eigenvalue weighted by atomic mass is 10.2. The fourth-order valence-corrected chi connectivity index (χ4v) is 3.14. The highest BCUT2D eigenvalue weighted by Crippen LogP contribution is 2.12. The molecular weight excluding hydrogens is 342 g/mol. The van der Waals surface area contributed by atoms with E-state index in [0.717, 1.165) is 24.0 Å². The van der Waals surface area contributed by atoms with Crippen LogP contribution in [0.5, 0.6) is 0 Å². The van der Waals surface area contributed by atoms with Crippen LogP contribution in [0.15, 0.2) is 65.8 Å². The van der Waals surface area contributed by atoms with Crippen molar-refractivity contribution in [1.29, 1.82) is 0 Å². The maximum absolute atomic E-state index is 12.2. The zero-order valence-electron chi connectivity index (χ0n) is 14.7. The Hall–Kier alpha value is -3.48. The Labute approximate surface area is 155 Å². The van der Waals surface area contributed by atoms with Crippen LogP contribution in [-0.4, -0.2) is 31.8 Å². The molecule has 0 unspecified atom stereocenters. The van der Waals surface area contributed by atoms with Gasteiger partial charge in [0.25, 0.3) is 0 Å². The number of carbonyl (C=O) groups excluding carboxylic acids is 1. The van der Waals surface area contributed by atoms with Gasteiger partial charge in [0.15, 0.2) is 0 Å². The molecule has 7 heteroatoms. The van der Waals surface area contributed by atoms with Gasteiger partial charge < -0.3 is 9.88 Å². The summed E-state index contributed by atoms with van der Waals surface area (Å²) in [6, 6.07) is 15.1. The van der Waals surface area contributed by atoms with E-state index in [2.05, 4.69) is 20.0 Å². The summed E-state index contributed by atoms with van der Waals surface area (Å²) in [4.78, 5) is 28.5. The number of aromatic nitrogens is 4. The molecule has 0 radical (unpaired) electrons. The Morgan fingerprint density at radius 2 is 1.81 bits per heavy atom. The van der Waals surface area contributed by atoms with Crippen LogP contribution in [0, 0.1) is 0 Å². The topological polar surface area (TPSA) is 81.8 Å². The molecule has 0 saturated heterocycles.